The van der Waals surface area contributed by atoms with Crippen molar-refractivity contribution in [2.75, 3.05) is 17.1 Å². The Morgan fingerprint density at radius 1 is 1.00 bits per heavy atom. The molecular formula is C18H18N2O4S. The van der Waals surface area contributed by atoms with Gasteiger partial charge >= 0.3 is 5.63 Å². The van der Waals surface area contributed by atoms with Crippen LogP contribution in [0.25, 0.3) is 11.0 Å². The van der Waals surface area contributed by atoms with Crippen LogP contribution in [0.3, 0.4) is 0 Å². The maximum absolute atomic E-state index is 12.8. The highest BCUT2D eigenvalue weighted by Crippen LogP contribution is 2.30. The molecule has 0 aliphatic carbocycles. The zero-order valence-electron chi connectivity index (χ0n) is 14.1. The van der Waals surface area contributed by atoms with E-state index in [0.717, 1.165) is 5.56 Å². The lowest BCUT2D eigenvalue weighted by Crippen LogP contribution is -2.21. The molecule has 0 saturated heterocycles. The van der Waals surface area contributed by atoms with Gasteiger partial charge in [0.1, 0.15) is 5.58 Å². The molecule has 0 unspecified atom stereocenters. The molecule has 7 heteroatoms. The minimum absolute atomic E-state index is 0.118. The Labute approximate surface area is 145 Å². The number of fused-ring (bicyclic) bond motifs is 1. The molecule has 0 amide bonds. The second kappa shape index (κ2) is 6.25. The fourth-order valence-electron chi connectivity index (χ4n) is 2.79. The minimum Gasteiger partial charge on any atom is -0.421 e. The van der Waals surface area contributed by atoms with Crippen LogP contribution in [0.5, 0.6) is 0 Å². The van der Waals surface area contributed by atoms with Gasteiger partial charge in [0.2, 0.25) is 0 Å². The van der Waals surface area contributed by atoms with Gasteiger partial charge in [-0.25, -0.2) is 13.2 Å². The van der Waals surface area contributed by atoms with E-state index in [0.29, 0.717) is 22.2 Å². The van der Waals surface area contributed by atoms with Crippen molar-refractivity contribution in [2.24, 2.45) is 0 Å². The highest BCUT2D eigenvalue weighted by Gasteiger charge is 2.22. The normalized spacial score (nSPS) is 11.5. The molecule has 0 fully saturated rings. The molecule has 6 nitrogen and oxygen atoms in total. The van der Waals surface area contributed by atoms with E-state index in [1.165, 1.54) is 6.07 Å². The molecule has 0 radical (unpaired) electrons. The first kappa shape index (κ1) is 17.0. The third kappa shape index (κ3) is 3.10. The van der Waals surface area contributed by atoms with Crippen LogP contribution in [0.4, 0.5) is 11.4 Å². The first-order valence-corrected chi connectivity index (χ1v) is 9.15. The molecule has 1 aromatic heterocycles. The van der Waals surface area contributed by atoms with E-state index in [2.05, 4.69) is 10.0 Å². The topological polar surface area (TPSA) is 88.4 Å². The zero-order valence-corrected chi connectivity index (χ0v) is 14.9. The van der Waals surface area contributed by atoms with Crippen LogP contribution in [0.15, 0.2) is 56.6 Å². The third-order valence-electron chi connectivity index (χ3n) is 3.92. The summed E-state index contributed by atoms with van der Waals surface area (Å²) in [4.78, 5) is 12.4. The smallest absolute Gasteiger partial charge is 0.363 e. The second-order valence-electron chi connectivity index (χ2n) is 5.76. The third-order valence-corrected chi connectivity index (χ3v) is 5.43. The van der Waals surface area contributed by atoms with Crippen molar-refractivity contribution < 1.29 is 12.8 Å². The highest BCUT2D eigenvalue weighted by molar-refractivity contribution is 7.92. The monoisotopic (exact) mass is 358 g/mol. The van der Waals surface area contributed by atoms with Gasteiger partial charge < -0.3 is 9.73 Å². The van der Waals surface area contributed by atoms with Crippen molar-refractivity contribution in [1.29, 1.82) is 0 Å². The number of hydrogen-bond donors (Lipinski definition) is 2. The van der Waals surface area contributed by atoms with Crippen molar-refractivity contribution in [3.63, 3.8) is 0 Å². The number of aryl methyl sites for hydroxylation is 2. The predicted octanol–water partition coefficient (Wildman–Crippen LogP) is 3.25. The molecule has 25 heavy (non-hydrogen) atoms. The lowest BCUT2D eigenvalue weighted by Gasteiger charge is -2.14. The van der Waals surface area contributed by atoms with E-state index in [9.17, 15) is 13.2 Å². The van der Waals surface area contributed by atoms with E-state index in [1.54, 1.807) is 50.4 Å². The van der Waals surface area contributed by atoms with Gasteiger partial charge in [-0.15, -0.1) is 0 Å². The Kier molecular flexibility index (Phi) is 4.26. The van der Waals surface area contributed by atoms with Crippen molar-refractivity contribution in [2.45, 2.75) is 18.7 Å². The van der Waals surface area contributed by atoms with Crippen LogP contribution in [0.2, 0.25) is 0 Å². The molecule has 0 aliphatic heterocycles. The summed E-state index contributed by atoms with van der Waals surface area (Å²) in [5.74, 6) is 0. The Morgan fingerprint density at radius 3 is 2.40 bits per heavy atom. The molecule has 0 bridgehead atoms. The summed E-state index contributed by atoms with van der Waals surface area (Å²) in [7, 11) is -2.31. The average Bonchev–Trinajstić information content (AvgIpc) is 2.55. The van der Waals surface area contributed by atoms with Gasteiger partial charge in [-0.2, -0.15) is 0 Å². The van der Waals surface area contributed by atoms with Crippen LogP contribution < -0.4 is 15.7 Å². The van der Waals surface area contributed by atoms with E-state index >= 15 is 0 Å². The molecule has 3 aromatic rings. The number of nitrogens with one attached hydrogen (secondary N) is 2. The van der Waals surface area contributed by atoms with Gasteiger partial charge in [0.25, 0.3) is 10.0 Å². The Bertz CT molecular complexity index is 1120. The molecule has 0 saturated carbocycles. The molecule has 0 atom stereocenters. The van der Waals surface area contributed by atoms with Gasteiger partial charge in [-0.3, -0.25) is 4.72 Å². The van der Waals surface area contributed by atoms with E-state index < -0.39 is 15.6 Å². The number of hydrogen-bond acceptors (Lipinski definition) is 5. The van der Waals surface area contributed by atoms with Crippen molar-refractivity contribution in [3.05, 3.63) is 64.0 Å². The summed E-state index contributed by atoms with van der Waals surface area (Å²) in [5.41, 5.74) is 1.42. The molecule has 130 valence electrons. The fraction of sp³-hybridized carbons (Fsp3) is 0.167. The van der Waals surface area contributed by atoms with E-state index in [1.807, 2.05) is 6.92 Å². The summed E-state index contributed by atoms with van der Waals surface area (Å²) in [5, 5.41) is 3.50. The number of anilines is 2. The van der Waals surface area contributed by atoms with Gasteiger partial charge in [0.15, 0.2) is 5.69 Å². The molecular weight excluding hydrogens is 340 g/mol. The van der Waals surface area contributed by atoms with E-state index in [-0.39, 0.29) is 10.6 Å². The first-order chi connectivity index (χ1) is 11.8. The Hall–Kier alpha value is -2.80. The standard InChI is InChI=1S/C18H18N2O4S/c1-11-8-9-15(12(2)10-11)25(22,23)20-17-16(19-3)13-6-4-5-7-14(13)24-18(17)21/h4-10,19-20H,1-3H3. The summed E-state index contributed by atoms with van der Waals surface area (Å²) in [6, 6.07) is 11.9. The Balaban J connectivity index is 2.17. The van der Waals surface area contributed by atoms with Crippen molar-refractivity contribution in [1.82, 2.24) is 0 Å². The van der Waals surface area contributed by atoms with Gasteiger partial charge in [-0.05, 0) is 37.6 Å². The molecule has 2 aromatic carbocycles. The largest absolute Gasteiger partial charge is 0.421 e. The van der Waals surface area contributed by atoms with E-state index in [4.69, 9.17) is 4.42 Å². The van der Waals surface area contributed by atoms with Crippen LogP contribution >= 0.6 is 0 Å². The summed E-state index contributed by atoms with van der Waals surface area (Å²) < 4.78 is 33.2. The molecule has 1 heterocycles. The second-order valence-corrected chi connectivity index (χ2v) is 7.41. The number of benzene rings is 2. The maximum atomic E-state index is 12.8. The molecule has 3 rings (SSSR count). The highest BCUT2D eigenvalue weighted by atomic mass is 32.2. The number of sulfonamides is 1. The van der Waals surface area contributed by atoms with Crippen molar-refractivity contribution >= 4 is 32.4 Å². The molecule has 0 aliphatic rings. The summed E-state index contributed by atoms with van der Waals surface area (Å²) in [6.07, 6.45) is 0. The van der Waals surface area contributed by atoms with Crippen molar-refractivity contribution in [3.8, 4) is 0 Å². The lowest BCUT2D eigenvalue weighted by molar-refractivity contribution is 0.563. The lowest BCUT2D eigenvalue weighted by atomic mass is 10.2. The number of para-hydroxylation sites is 1. The van der Waals surface area contributed by atoms with Gasteiger partial charge in [0.05, 0.1) is 10.6 Å². The van der Waals surface area contributed by atoms with Crippen LogP contribution in [0, 0.1) is 13.8 Å². The Morgan fingerprint density at radius 2 is 1.72 bits per heavy atom. The summed E-state index contributed by atoms with van der Waals surface area (Å²) >= 11 is 0. The van der Waals surface area contributed by atoms with Crippen LogP contribution in [-0.2, 0) is 10.0 Å². The predicted molar refractivity (Wildman–Crippen MR) is 98.8 cm³/mol. The van der Waals surface area contributed by atoms with Crippen LogP contribution in [0.1, 0.15) is 11.1 Å². The zero-order chi connectivity index (χ0) is 18.2. The SMILES string of the molecule is CNc1c(NS(=O)(=O)c2ccc(C)cc2C)c(=O)oc2ccccc12. The van der Waals surface area contributed by atoms with Gasteiger partial charge in [-0.1, -0.05) is 29.8 Å². The maximum Gasteiger partial charge on any atom is 0.363 e. The average molecular weight is 358 g/mol. The molecule has 2 N–H and O–H groups in total. The first-order valence-electron chi connectivity index (χ1n) is 7.67. The fourth-order valence-corrected chi connectivity index (χ4v) is 4.09. The summed E-state index contributed by atoms with van der Waals surface area (Å²) in [6.45, 7) is 3.59. The number of rotatable bonds is 4. The minimum atomic E-state index is -3.93. The molecule has 0 spiro atoms. The van der Waals surface area contributed by atoms with Crippen LogP contribution in [-0.4, -0.2) is 15.5 Å². The van der Waals surface area contributed by atoms with Gasteiger partial charge in [0, 0.05) is 12.4 Å². The quantitative estimate of drug-likeness (QED) is 0.699.